The van der Waals surface area contributed by atoms with E-state index in [1.165, 1.54) is 12.1 Å². The number of unbranched alkanes of at least 4 members (excludes halogenated alkanes) is 2. The Morgan fingerprint density at radius 3 is 2.78 bits per heavy atom. The molecule has 1 fully saturated rings. The fourth-order valence-corrected chi connectivity index (χ4v) is 4.18. The zero-order valence-corrected chi connectivity index (χ0v) is 20.0. The van der Waals surface area contributed by atoms with Crippen molar-refractivity contribution in [1.82, 2.24) is 15.1 Å². The van der Waals surface area contributed by atoms with Crippen LogP contribution in [0.3, 0.4) is 0 Å². The second-order valence-electron chi connectivity index (χ2n) is 9.15. The van der Waals surface area contributed by atoms with Crippen LogP contribution < -0.4 is 4.90 Å². The summed E-state index contributed by atoms with van der Waals surface area (Å²) in [5.41, 5.74) is 2.28. The summed E-state index contributed by atoms with van der Waals surface area (Å²) in [6.07, 6.45) is 5.83. The number of halogens is 2. The highest BCUT2D eigenvalue weighted by molar-refractivity contribution is 5.94. The summed E-state index contributed by atoms with van der Waals surface area (Å²) in [6, 6.07) is 11.5. The molecule has 0 atom stereocenters. The smallest absolute Gasteiger partial charge is 0.227 e. The van der Waals surface area contributed by atoms with E-state index in [0.717, 1.165) is 37.9 Å². The third-order valence-corrected chi connectivity index (χ3v) is 6.28. The van der Waals surface area contributed by atoms with Gasteiger partial charge in [-0.15, -0.1) is 0 Å². The summed E-state index contributed by atoms with van der Waals surface area (Å²) >= 11 is 0. The fourth-order valence-electron chi connectivity index (χ4n) is 4.18. The number of amides is 1. The molecule has 4 aromatic rings. The molecule has 0 saturated heterocycles. The number of fused-ring (bicyclic) bond motifs is 1. The van der Waals surface area contributed by atoms with Crippen LogP contribution in [0.5, 0.6) is 0 Å². The molecule has 0 unspecified atom stereocenters. The zero-order valence-electron chi connectivity index (χ0n) is 20.0. The van der Waals surface area contributed by atoms with E-state index in [-0.39, 0.29) is 24.6 Å². The van der Waals surface area contributed by atoms with Crippen LogP contribution in [0.25, 0.3) is 22.6 Å². The van der Waals surface area contributed by atoms with Gasteiger partial charge >= 0.3 is 0 Å². The lowest BCUT2D eigenvalue weighted by molar-refractivity contribution is -0.118. The molecule has 1 saturated carbocycles. The predicted molar refractivity (Wildman–Crippen MR) is 131 cm³/mol. The van der Waals surface area contributed by atoms with Gasteiger partial charge < -0.3 is 13.8 Å². The van der Waals surface area contributed by atoms with Gasteiger partial charge in [-0.25, -0.2) is 9.37 Å². The average Bonchev–Trinajstić information content (AvgIpc) is 3.48. The molecule has 1 aliphatic carbocycles. The molecule has 7 nitrogen and oxygen atoms in total. The highest BCUT2D eigenvalue weighted by Crippen LogP contribution is 2.38. The zero-order chi connectivity index (χ0) is 24.9. The lowest BCUT2D eigenvalue weighted by Gasteiger charge is -2.23. The molecule has 188 valence electrons. The van der Waals surface area contributed by atoms with E-state index < -0.39 is 6.67 Å². The third-order valence-electron chi connectivity index (χ3n) is 6.28. The van der Waals surface area contributed by atoms with Gasteiger partial charge in [0.05, 0.1) is 6.67 Å². The highest BCUT2D eigenvalue weighted by atomic mass is 19.1. The lowest BCUT2D eigenvalue weighted by atomic mass is 10.1. The second kappa shape index (κ2) is 11.0. The number of carbonyl (C=O) groups excluding carboxylic acids is 1. The average molecular weight is 495 g/mol. The Morgan fingerprint density at radius 2 is 1.94 bits per heavy atom. The fraction of sp³-hybridized carbons (Fsp3) is 0.407. The summed E-state index contributed by atoms with van der Waals surface area (Å²) in [5, 5.41) is 4.05. The first-order valence-corrected chi connectivity index (χ1v) is 12.5. The van der Waals surface area contributed by atoms with Crippen molar-refractivity contribution in [1.29, 1.82) is 0 Å². The largest absolute Gasteiger partial charge is 0.436 e. The minimum atomic E-state index is -0.536. The van der Waals surface area contributed by atoms with E-state index in [2.05, 4.69) is 15.1 Å². The number of carbonyl (C=O) groups is 1. The number of aryl methyl sites for hydroxylation is 1. The molecular weight excluding hydrogens is 466 g/mol. The van der Waals surface area contributed by atoms with Crippen LogP contribution in [0.15, 0.2) is 51.4 Å². The normalized spacial score (nSPS) is 13.4. The standard InChI is InChI=1S/C27H28F2N4O3/c28-14-5-9-25(34)33(15-3-1-2-8-24-31-26(32-36-24)18-10-11-18)21-7-4-6-19(16-21)27-30-22-17-20(29)12-13-23(22)35-27/h4,6-7,12-13,16-18H,1-3,5,8-11,14-15H2. The molecule has 9 heteroatoms. The number of anilines is 1. The number of hydrogen-bond acceptors (Lipinski definition) is 6. The van der Waals surface area contributed by atoms with E-state index >= 15 is 0 Å². The van der Waals surface area contributed by atoms with Crippen LogP contribution in [0.4, 0.5) is 14.5 Å². The van der Waals surface area contributed by atoms with Crippen LogP contribution in [0.2, 0.25) is 0 Å². The minimum Gasteiger partial charge on any atom is -0.436 e. The maximum Gasteiger partial charge on any atom is 0.227 e. The second-order valence-corrected chi connectivity index (χ2v) is 9.15. The van der Waals surface area contributed by atoms with Gasteiger partial charge in [0.25, 0.3) is 0 Å². The van der Waals surface area contributed by atoms with Crippen molar-refractivity contribution >= 4 is 22.7 Å². The Kier molecular flexibility index (Phi) is 7.34. The van der Waals surface area contributed by atoms with E-state index in [1.54, 1.807) is 11.0 Å². The van der Waals surface area contributed by atoms with E-state index in [0.29, 0.717) is 53.0 Å². The maximum atomic E-state index is 13.5. The van der Waals surface area contributed by atoms with Gasteiger partial charge in [0.15, 0.2) is 11.4 Å². The van der Waals surface area contributed by atoms with Crippen molar-refractivity contribution in [3.05, 3.63) is 60.0 Å². The van der Waals surface area contributed by atoms with Crippen molar-refractivity contribution in [3.8, 4) is 11.5 Å². The van der Waals surface area contributed by atoms with Crippen LogP contribution >= 0.6 is 0 Å². The van der Waals surface area contributed by atoms with E-state index in [1.807, 2.05) is 24.3 Å². The quantitative estimate of drug-likeness (QED) is 0.212. The summed E-state index contributed by atoms with van der Waals surface area (Å²) in [4.78, 5) is 23.5. The number of hydrogen-bond donors (Lipinski definition) is 0. The topological polar surface area (TPSA) is 85.3 Å². The molecule has 1 aliphatic rings. The van der Waals surface area contributed by atoms with Gasteiger partial charge in [-0.2, -0.15) is 4.98 Å². The van der Waals surface area contributed by atoms with Gasteiger partial charge in [0, 0.05) is 42.6 Å². The summed E-state index contributed by atoms with van der Waals surface area (Å²) in [7, 11) is 0. The molecule has 0 bridgehead atoms. The molecule has 0 spiro atoms. The Labute approximate surface area is 207 Å². The molecule has 2 heterocycles. The van der Waals surface area contributed by atoms with Gasteiger partial charge in [0.1, 0.15) is 11.3 Å². The van der Waals surface area contributed by atoms with Crippen molar-refractivity contribution < 1.29 is 22.5 Å². The number of aromatic nitrogens is 3. The van der Waals surface area contributed by atoms with Gasteiger partial charge in [-0.05, 0) is 62.4 Å². The Bertz CT molecular complexity index is 1330. The minimum absolute atomic E-state index is 0.129. The third kappa shape index (κ3) is 5.78. The van der Waals surface area contributed by atoms with E-state index in [4.69, 9.17) is 8.94 Å². The highest BCUT2D eigenvalue weighted by Gasteiger charge is 2.28. The molecule has 2 aromatic carbocycles. The van der Waals surface area contributed by atoms with Gasteiger partial charge in [0.2, 0.25) is 17.7 Å². The molecule has 0 N–H and O–H groups in total. The van der Waals surface area contributed by atoms with Crippen molar-refractivity contribution in [2.24, 2.45) is 0 Å². The Hall–Kier alpha value is -3.62. The van der Waals surface area contributed by atoms with Crippen LogP contribution in [-0.4, -0.2) is 34.3 Å². The molecule has 1 amide bonds. The van der Waals surface area contributed by atoms with Crippen molar-refractivity contribution in [2.45, 2.75) is 57.3 Å². The lowest BCUT2D eigenvalue weighted by Crippen LogP contribution is -2.31. The maximum absolute atomic E-state index is 13.5. The predicted octanol–water partition coefficient (Wildman–Crippen LogP) is 6.39. The van der Waals surface area contributed by atoms with Gasteiger partial charge in [-0.3, -0.25) is 9.18 Å². The van der Waals surface area contributed by atoms with Crippen LogP contribution in [0, 0.1) is 5.82 Å². The molecular formula is C27H28F2N4O3. The van der Waals surface area contributed by atoms with Crippen molar-refractivity contribution in [3.63, 3.8) is 0 Å². The monoisotopic (exact) mass is 494 g/mol. The van der Waals surface area contributed by atoms with Crippen LogP contribution in [-0.2, 0) is 11.2 Å². The first kappa shape index (κ1) is 24.1. The van der Waals surface area contributed by atoms with Crippen LogP contribution in [0.1, 0.15) is 62.6 Å². The Balaban J connectivity index is 1.24. The number of oxazole rings is 1. The Morgan fingerprint density at radius 1 is 1.06 bits per heavy atom. The summed E-state index contributed by atoms with van der Waals surface area (Å²) < 4.78 is 37.4. The molecule has 36 heavy (non-hydrogen) atoms. The SMILES string of the molecule is O=C(CCCF)N(CCCCCc1nc(C2CC2)no1)c1cccc(-c2nc3cc(F)ccc3o2)c1. The molecule has 5 rings (SSSR count). The number of rotatable bonds is 12. The number of alkyl halides is 1. The molecule has 0 radical (unpaired) electrons. The summed E-state index contributed by atoms with van der Waals surface area (Å²) in [5.74, 6) is 1.78. The first-order chi connectivity index (χ1) is 17.6. The number of benzene rings is 2. The number of nitrogens with zero attached hydrogens (tertiary/aromatic N) is 4. The first-order valence-electron chi connectivity index (χ1n) is 12.5. The molecule has 2 aromatic heterocycles. The van der Waals surface area contributed by atoms with E-state index in [9.17, 15) is 13.6 Å². The van der Waals surface area contributed by atoms with Crippen molar-refractivity contribution in [2.75, 3.05) is 18.1 Å². The summed E-state index contributed by atoms with van der Waals surface area (Å²) in [6.45, 7) is -0.0311. The molecule has 0 aliphatic heterocycles. The van der Waals surface area contributed by atoms with Gasteiger partial charge in [-0.1, -0.05) is 17.6 Å².